The van der Waals surface area contributed by atoms with Gasteiger partial charge in [-0.15, -0.1) is 0 Å². The van der Waals surface area contributed by atoms with Gasteiger partial charge in [-0.05, 0) is 31.0 Å². The molecule has 1 N–H and O–H groups in total. The van der Waals surface area contributed by atoms with Crippen molar-refractivity contribution < 1.29 is 23.9 Å². The molecule has 0 aromatic heterocycles. The Morgan fingerprint density at radius 2 is 1.89 bits per heavy atom. The van der Waals surface area contributed by atoms with Gasteiger partial charge in [-0.2, -0.15) is 0 Å². The number of ketones is 1. The summed E-state index contributed by atoms with van der Waals surface area (Å²) in [5.41, 5.74) is 1.06. The van der Waals surface area contributed by atoms with E-state index in [0.29, 0.717) is 49.5 Å². The van der Waals surface area contributed by atoms with E-state index in [0.717, 1.165) is 0 Å². The van der Waals surface area contributed by atoms with Gasteiger partial charge in [0.2, 0.25) is 11.8 Å². The van der Waals surface area contributed by atoms with Crippen molar-refractivity contribution in [3.63, 3.8) is 0 Å². The van der Waals surface area contributed by atoms with Crippen molar-refractivity contribution in [1.82, 2.24) is 9.80 Å². The number of carbonyl (C=O) groups is 4. The Kier molecular flexibility index (Phi) is 4.78. The second kappa shape index (κ2) is 7.26. The summed E-state index contributed by atoms with van der Waals surface area (Å²) in [5, 5.41) is 2.72. The normalized spacial score (nSPS) is 22.5. The highest BCUT2D eigenvalue weighted by molar-refractivity contribution is 6.02. The van der Waals surface area contributed by atoms with Crippen LogP contribution < -0.4 is 10.1 Å². The molecule has 3 aliphatic heterocycles. The van der Waals surface area contributed by atoms with Crippen molar-refractivity contribution in [2.75, 3.05) is 38.6 Å². The first kappa shape index (κ1) is 18.5. The number of amides is 3. The zero-order valence-electron chi connectivity index (χ0n) is 15.8. The van der Waals surface area contributed by atoms with Crippen LogP contribution in [0, 0.1) is 11.8 Å². The van der Waals surface area contributed by atoms with Gasteiger partial charge in [0.05, 0.1) is 11.6 Å². The van der Waals surface area contributed by atoms with Crippen LogP contribution in [0.4, 0.5) is 5.69 Å². The van der Waals surface area contributed by atoms with E-state index in [1.807, 2.05) is 0 Å². The Balaban J connectivity index is 1.37. The van der Waals surface area contributed by atoms with Crippen LogP contribution in [0.3, 0.4) is 0 Å². The van der Waals surface area contributed by atoms with Gasteiger partial charge in [0.25, 0.3) is 5.91 Å². The number of anilines is 1. The lowest BCUT2D eigenvalue weighted by Crippen LogP contribution is -2.43. The van der Waals surface area contributed by atoms with E-state index in [-0.39, 0.29) is 48.4 Å². The first-order valence-electron chi connectivity index (χ1n) is 9.56. The molecule has 0 radical (unpaired) electrons. The van der Waals surface area contributed by atoms with E-state index in [4.69, 9.17) is 4.74 Å². The second-order valence-corrected chi connectivity index (χ2v) is 7.69. The average Bonchev–Trinajstić information content (AvgIpc) is 3.05. The number of rotatable bonds is 3. The molecule has 1 aromatic carbocycles. The van der Waals surface area contributed by atoms with Gasteiger partial charge in [0.15, 0.2) is 12.4 Å². The summed E-state index contributed by atoms with van der Waals surface area (Å²) in [6, 6.07) is 5.08. The van der Waals surface area contributed by atoms with Crippen LogP contribution in [0.15, 0.2) is 18.2 Å². The van der Waals surface area contributed by atoms with E-state index in [2.05, 4.69) is 5.32 Å². The fraction of sp³-hybridized carbons (Fsp3) is 0.500. The minimum Gasteiger partial charge on any atom is -0.482 e. The van der Waals surface area contributed by atoms with Gasteiger partial charge in [-0.3, -0.25) is 19.2 Å². The number of hydrogen-bond donors (Lipinski definition) is 1. The van der Waals surface area contributed by atoms with Crippen molar-refractivity contribution >= 4 is 29.2 Å². The summed E-state index contributed by atoms with van der Waals surface area (Å²) < 4.78 is 5.33. The summed E-state index contributed by atoms with van der Waals surface area (Å²) in [7, 11) is 1.71. The molecule has 28 heavy (non-hydrogen) atoms. The number of nitrogens with one attached hydrogen (secondary N) is 1. The van der Waals surface area contributed by atoms with Crippen molar-refractivity contribution in [3.05, 3.63) is 23.8 Å². The van der Waals surface area contributed by atoms with Crippen molar-refractivity contribution in [2.45, 2.75) is 19.3 Å². The lowest BCUT2D eigenvalue weighted by Gasteiger charge is -2.33. The predicted octanol–water partition coefficient (Wildman–Crippen LogP) is 0.917. The molecule has 148 valence electrons. The molecule has 1 aromatic rings. The lowest BCUT2D eigenvalue weighted by molar-refractivity contribution is -0.137. The monoisotopic (exact) mass is 385 g/mol. The van der Waals surface area contributed by atoms with Gasteiger partial charge in [0.1, 0.15) is 5.75 Å². The molecule has 0 saturated carbocycles. The highest BCUT2D eigenvalue weighted by atomic mass is 16.5. The SMILES string of the molecule is CN1C[C@H](C(=O)N2CCC(C(=O)c3ccc4c(c3)NC(=O)CO4)CC2)CC1=O. The smallest absolute Gasteiger partial charge is 0.262 e. The topological polar surface area (TPSA) is 96.0 Å². The maximum atomic E-state index is 12.9. The second-order valence-electron chi connectivity index (χ2n) is 7.69. The summed E-state index contributed by atoms with van der Waals surface area (Å²) in [6.45, 7) is 1.50. The number of piperidine rings is 1. The molecule has 3 amide bonds. The van der Waals surface area contributed by atoms with Gasteiger partial charge < -0.3 is 19.9 Å². The fourth-order valence-corrected chi connectivity index (χ4v) is 4.12. The first-order chi connectivity index (χ1) is 13.4. The number of fused-ring (bicyclic) bond motifs is 1. The molecule has 3 aliphatic rings. The van der Waals surface area contributed by atoms with Crippen LogP contribution >= 0.6 is 0 Å². The first-order valence-corrected chi connectivity index (χ1v) is 9.56. The van der Waals surface area contributed by atoms with Gasteiger partial charge >= 0.3 is 0 Å². The number of Topliss-reactive ketones (excluding diaryl/α,β-unsaturated/α-hetero) is 1. The summed E-state index contributed by atoms with van der Waals surface area (Å²) in [5.74, 6) is -0.0635. The van der Waals surface area contributed by atoms with Crippen molar-refractivity contribution in [2.24, 2.45) is 11.8 Å². The lowest BCUT2D eigenvalue weighted by atomic mass is 9.88. The van der Waals surface area contributed by atoms with Crippen molar-refractivity contribution in [1.29, 1.82) is 0 Å². The molecule has 8 nitrogen and oxygen atoms in total. The Hall–Kier alpha value is -2.90. The largest absolute Gasteiger partial charge is 0.482 e. The molecule has 1 atom stereocenters. The van der Waals surface area contributed by atoms with Crippen LogP contribution in [0.1, 0.15) is 29.6 Å². The number of nitrogens with zero attached hydrogens (tertiary/aromatic N) is 2. The Bertz CT molecular complexity index is 844. The molecule has 2 saturated heterocycles. The van der Waals surface area contributed by atoms with E-state index in [1.165, 1.54) is 0 Å². The molecule has 4 rings (SSSR count). The molecular weight excluding hydrogens is 362 g/mol. The maximum Gasteiger partial charge on any atom is 0.262 e. The molecule has 3 heterocycles. The van der Waals surface area contributed by atoms with E-state index < -0.39 is 0 Å². The molecule has 0 unspecified atom stereocenters. The highest BCUT2D eigenvalue weighted by Crippen LogP contribution is 2.31. The molecule has 2 fully saturated rings. The summed E-state index contributed by atoms with van der Waals surface area (Å²) >= 11 is 0. The summed E-state index contributed by atoms with van der Waals surface area (Å²) in [4.78, 5) is 52.0. The molecule has 0 aliphatic carbocycles. The minimum atomic E-state index is -0.269. The van der Waals surface area contributed by atoms with Crippen molar-refractivity contribution in [3.8, 4) is 5.75 Å². The number of hydrogen-bond acceptors (Lipinski definition) is 5. The zero-order chi connectivity index (χ0) is 19.8. The van der Waals surface area contributed by atoms with E-state index in [1.54, 1.807) is 35.0 Å². The Labute approximate surface area is 162 Å². The molecular formula is C20H23N3O5. The van der Waals surface area contributed by atoms with Gasteiger partial charge in [-0.25, -0.2) is 0 Å². The van der Waals surface area contributed by atoms with Crippen LogP contribution in [-0.4, -0.2) is 66.6 Å². The number of carbonyl (C=O) groups excluding carboxylic acids is 4. The highest BCUT2D eigenvalue weighted by Gasteiger charge is 2.36. The third-order valence-corrected chi connectivity index (χ3v) is 5.76. The average molecular weight is 385 g/mol. The third-order valence-electron chi connectivity index (χ3n) is 5.76. The van der Waals surface area contributed by atoms with E-state index >= 15 is 0 Å². The minimum absolute atomic E-state index is 0.00638. The van der Waals surface area contributed by atoms with Crippen LogP contribution in [0.5, 0.6) is 5.75 Å². The fourth-order valence-electron chi connectivity index (χ4n) is 4.12. The van der Waals surface area contributed by atoms with E-state index in [9.17, 15) is 19.2 Å². The number of benzene rings is 1. The van der Waals surface area contributed by atoms with Crippen LogP contribution in [0.2, 0.25) is 0 Å². The van der Waals surface area contributed by atoms with Crippen LogP contribution in [-0.2, 0) is 14.4 Å². The zero-order valence-corrected chi connectivity index (χ0v) is 15.8. The quantitative estimate of drug-likeness (QED) is 0.781. The van der Waals surface area contributed by atoms with Gasteiger partial charge in [-0.1, -0.05) is 0 Å². The molecule has 0 spiro atoms. The Morgan fingerprint density at radius 3 is 2.57 bits per heavy atom. The summed E-state index contributed by atoms with van der Waals surface area (Å²) in [6.07, 6.45) is 1.47. The number of ether oxygens (including phenoxy) is 1. The molecule has 8 heteroatoms. The molecule has 0 bridgehead atoms. The maximum absolute atomic E-state index is 12.9. The predicted molar refractivity (Wildman–Crippen MR) is 99.9 cm³/mol. The third kappa shape index (κ3) is 3.46. The van der Waals surface area contributed by atoms with Gasteiger partial charge in [0, 0.05) is 44.6 Å². The standard InChI is InChI=1S/C20H23N3O5/c1-22-10-14(9-18(22)25)20(27)23-6-4-12(5-7-23)19(26)13-2-3-16-15(8-13)21-17(24)11-28-16/h2-3,8,12,14H,4-7,9-11H2,1H3,(H,21,24)/t14-/m1/s1. The number of likely N-dealkylation sites (tertiary alicyclic amines) is 2. The Morgan fingerprint density at radius 1 is 1.14 bits per heavy atom. The van der Waals surface area contributed by atoms with Crippen LogP contribution in [0.25, 0.3) is 0 Å².